The van der Waals surface area contributed by atoms with E-state index in [0.29, 0.717) is 0 Å². The van der Waals surface area contributed by atoms with Crippen molar-refractivity contribution in [3.63, 3.8) is 0 Å². The number of hydrogen-bond acceptors (Lipinski definition) is 3. The van der Waals surface area contributed by atoms with Crippen LogP contribution in [0.15, 0.2) is 47.4 Å². The van der Waals surface area contributed by atoms with E-state index < -0.39 is 0 Å². The summed E-state index contributed by atoms with van der Waals surface area (Å²) in [4.78, 5) is 16.2. The van der Waals surface area contributed by atoms with E-state index in [-0.39, 0.29) is 23.6 Å². The average molecular weight is 347 g/mol. The maximum absolute atomic E-state index is 13.0. The smallest absolute Gasteiger partial charge is 0.240 e. The van der Waals surface area contributed by atoms with Crippen LogP contribution in [0.5, 0.6) is 0 Å². The number of amides is 1. The fourth-order valence-corrected chi connectivity index (χ4v) is 4.63. The van der Waals surface area contributed by atoms with Gasteiger partial charge in [0.2, 0.25) is 5.91 Å². The first-order valence-corrected chi connectivity index (χ1v) is 8.55. The number of hydrogen-bond donors (Lipinski definition) is 1. The first-order chi connectivity index (χ1) is 10.7. The van der Waals surface area contributed by atoms with Gasteiger partial charge in [0.05, 0.1) is 5.25 Å². The zero-order chi connectivity index (χ0) is 15.1. The van der Waals surface area contributed by atoms with Crippen LogP contribution in [0.1, 0.15) is 17.5 Å². The number of nitrogen functional groups attached to an aromatic ring is 1. The highest BCUT2D eigenvalue weighted by molar-refractivity contribution is 8.01. The fraction of sp³-hybridized carbons (Fsp3) is 0.278. The van der Waals surface area contributed by atoms with Crippen molar-refractivity contribution < 1.29 is 4.79 Å². The summed E-state index contributed by atoms with van der Waals surface area (Å²) in [6.45, 7) is 0.794. The molecule has 0 saturated carbocycles. The van der Waals surface area contributed by atoms with Gasteiger partial charge in [-0.1, -0.05) is 24.3 Å². The van der Waals surface area contributed by atoms with Crippen LogP contribution < -0.4 is 10.6 Å². The molecule has 0 aliphatic carbocycles. The lowest BCUT2D eigenvalue weighted by Gasteiger charge is -2.31. The van der Waals surface area contributed by atoms with E-state index in [9.17, 15) is 4.79 Å². The second-order valence-electron chi connectivity index (χ2n) is 5.86. The van der Waals surface area contributed by atoms with Crippen molar-refractivity contribution in [3.05, 3.63) is 53.6 Å². The van der Waals surface area contributed by atoms with E-state index in [4.69, 9.17) is 5.73 Å². The summed E-state index contributed by atoms with van der Waals surface area (Å²) in [7, 11) is 0. The maximum atomic E-state index is 13.0. The van der Waals surface area contributed by atoms with Crippen LogP contribution in [0.25, 0.3) is 0 Å². The summed E-state index contributed by atoms with van der Waals surface area (Å²) in [5.41, 5.74) is 10.3. The number of halogens is 1. The Balaban J connectivity index is 0.00000156. The van der Waals surface area contributed by atoms with Gasteiger partial charge in [-0.15, -0.1) is 24.2 Å². The van der Waals surface area contributed by atoms with Gasteiger partial charge in [0.15, 0.2) is 0 Å². The largest absolute Gasteiger partial charge is 0.398 e. The first kappa shape index (κ1) is 16.2. The molecule has 2 aromatic carbocycles. The monoisotopic (exact) mass is 346 g/mol. The van der Waals surface area contributed by atoms with Crippen molar-refractivity contribution >= 4 is 41.5 Å². The second kappa shape index (κ2) is 6.46. The molecule has 23 heavy (non-hydrogen) atoms. The number of rotatable bonds is 1. The Bertz CT molecular complexity index is 725. The number of anilines is 2. The zero-order valence-electron chi connectivity index (χ0n) is 12.7. The maximum Gasteiger partial charge on any atom is 0.240 e. The molecule has 2 heterocycles. The molecule has 0 saturated heterocycles. The van der Waals surface area contributed by atoms with E-state index in [1.165, 1.54) is 10.5 Å². The molecule has 120 valence electrons. The topological polar surface area (TPSA) is 46.3 Å². The van der Waals surface area contributed by atoms with E-state index in [1.54, 1.807) is 11.8 Å². The summed E-state index contributed by atoms with van der Waals surface area (Å²) in [5.74, 6) is 0.216. The van der Waals surface area contributed by atoms with Gasteiger partial charge in [-0.05, 0) is 48.6 Å². The molecule has 3 nitrogen and oxygen atoms in total. The van der Waals surface area contributed by atoms with Crippen LogP contribution >= 0.6 is 24.2 Å². The molecule has 0 aromatic heterocycles. The standard InChI is InChI=1S/C18H18N2OS.ClH/c19-14-7-3-8-15-13(14)6-4-10-20(15)18(21)17-11-12-5-1-2-9-16(12)22-17;/h1-3,5,7-9,17H,4,6,10-11,19H2;1H. The van der Waals surface area contributed by atoms with Gasteiger partial charge < -0.3 is 10.6 Å². The summed E-state index contributed by atoms with van der Waals surface area (Å²) in [6, 6.07) is 14.2. The van der Waals surface area contributed by atoms with E-state index in [0.717, 1.165) is 42.7 Å². The van der Waals surface area contributed by atoms with Crippen LogP contribution in [0.4, 0.5) is 11.4 Å². The molecule has 2 aromatic rings. The second-order valence-corrected chi connectivity index (χ2v) is 7.10. The SMILES string of the molecule is Cl.Nc1cccc2c1CCCN2C(=O)C1Cc2ccccc2S1. The average Bonchev–Trinajstić information content (AvgIpc) is 2.98. The molecule has 1 unspecified atom stereocenters. The normalized spacial score (nSPS) is 18.8. The highest BCUT2D eigenvalue weighted by Crippen LogP contribution is 2.39. The van der Waals surface area contributed by atoms with Crippen LogP contribution in [-0.4, -0.2) is 17.7 Å². The summed E-state index contributed by atoms with van der Waals surface area (Å²) >= 11 is 1.69. The molecule has 1 atom stereocenters. The lowest BCUT2D eigenvalue weighted by Crippen LogP contribution is -2.41. The van der Waals surface area contributed by atoms with Gasteiger partial charge >= 0.3 is 0 Å². The Labute approximate surface area is 146 Å². The molecule has 2 aliphatic rings. The summed E-state index contributed by atoms with van der Waals surface area (Å²) < 4.78 is 0. The van der Waals surface area contributed by atoms with Gasteiger partial charge in [0.25, 0.3) is 0 Å². The Kier molecular flexibility index (Phi) is 4.55. The Morgan fingerprint density at radius 1 is 1.17 bits per heavy atom. The lowest BCUT2D eigenvalue weighted by molar-refractivity contribution is -0.118. The van der Waals surface area contributed by atoms with Crippen LogP contribution in [-0.2, 0) is 17.6 Å². The summed E-state index contributed by atoms with van der Waals surface area (Å²) in [6.07, 6.45) is 2.77. The van der Waals surface area contributed by atoms with Crippen LogP contribution in [0.2, 0.25) is 0 Å². The predicted molar refractivity (Wildman–Crippen MR) is 98.6 cm³/mol. The number of nitrogens with zero attached hydrogens (tertiary/aromatic N) is 1. The van der Waals surface area contributed by atoms with Gasteiger partial charge in [0, 0.05) is 22.8 Å². The molecule has 4 rings (SSSR count). The van der Waals surface area contributed by atoms with Crippen molar-refractivity contribution in [3.8, 4) is 0 Å². The molecular formula is C18H19ClN2OS. The van der Waals surface area contributed by atoms with Gasteiger partial charge in [-0.2, -0.15) is 0 Å². The van der Waals surface area contributed by atoms with Crippen molar-refractivity contribution in [1.82, 2.24) is 0 Å². The highest BCUT2D eigenvalue weighted by Gasteiger charge is 2.33. The van der Waals surface area contributed by atoms with Crippen LogP contribution in [0.3, 0.4) is 0 Å². The van der Waals surface area contributed by atoms with Crippen LogP contribution in [0, 0.1) is 0 Å². The minimum absolute atomic E-state index is 0. The van der Waals surface area contributed by atoms with Gasteiger partial charge in [0.1, 0.15) is 0 Å². The quantitative estimate of drug-likeness (QED) is 0.801. The first-order valence-electron chi connectivity index (χ1n) is 7.67. The van der Waals surface area contributed by atoms with E-state index >= 15 is 0 Å². The number of carbonyl (C=O) groups is 1. The van der Waals surface area contributed by atoms with Crippen molar-refractivity contribution in [1.29, 1.82) is 0 Å². The number of fused-ring (bicyclic) bond motifs is 2. The molecule has 2 aliphatic heterocycles. The molecular weight excluding hydrogens is 328 g/mol. The minimum atomic E-state index is -0.00946. The number of carbonyl (C=O) groups excluding carboxylic acids is 1. The molecule has 0 bridgehead atoms. The predicted octanol–water partition coefficient (Wildman–Crippen LogP) is 3.69. The van der Waals surface area contributed by atoms with E-state index in [1.807, 2.05) is 35.2 Å². The lowest BCUT2D eigenvalue weighted by atomic mass is 9.99. The Hall–Kier alpha value is -1.65. The van der Waals surface area contributed by atoms with E-state index in [2.05, 4.69) is 12.1 Å². The molecule has 5 heteroatoms. The summed E-state index contributed by atoms with van der Waals surface area (Å²) in [5, 5.41) is -0.00946. The number of thioether (sulfide) groups is 1. The Morgan fingerprint density at radius 2 is 2.00 bits per heavy atom. The third-order valence-corrected chi connectivity index (χ3v) is 5.78. The van der Waals surface area contributed by atoms with Crippen molar-refractivity contribution in [2.24, 2.45) is 0 Å². The van der Waals surface area contributed by atoms with Crippen molar-refractivity contribution in [2.75, 3.05) is 17.2 Å². The number of nitrogens with two attached hydrogens (primary N) is 1. The molecule has 1 amide bonds. The zero-order valence-corrected chi connectivity index (χ0v) is 14.3. The number of benzene rings is 2. The third kappa shape index (κ3) is 2.81. The Morgan fingerprint density at radius 3 is 2.83 bits per heavy atom. The highest BCUT2D eigenvalue weighted by atomic mass is 35.5. The molecule has 0 radical (unpaired) electrons. The molecule has 0 fully saturated rings. The molecule has 0 spiro atoms. The van der Waals surface area contributed by atoms with Gasteiger partial charge in [-0.3, -0.25) is 4.79 Å². The van der Waals surface area contributed by atoms with Gasteiger partial charge in [-0.25, -0.2) is 0 Å². The minimum Gasteiger partial charge on any atom is -0.398 e. The third-order valence-electron chi connectivity index (χ3n) is 4.48. The van der Waals surface area contributed by atoms with Crippen molar-refractivity contribution in [2.45, 2.75) is 29.4 Å². The fourth-order valence-electron chi connectivity index (χ4n) is 3.37. The molecule has 2 N–H and O–H groups in total.